The van der Waals surface area contributed by atoms with Crippen molar-refractivity contribution in [3.05, 3.63) is 47.8 Å². The highest BCUT2D eigenvalue weighted by molar-refractivity contribution is 5.85. The topological polar surface area (TPSA) is 76.5 Å². The normalized spacial score (nSPS) is 21.9. The lowest BCUT2D eigenvalue weighted by atomic mass is 9.85. The van der Waals surface area contributed by atoms with Crippen molar-refractivity contribution in [2.24, 2.45) is 13.0 Å². The molecule has 1 aliphatic carbocycles. The molecule has 0 spiro atoms. The number of carbonyl (C=O) groups excluding carboxylic acids is 2. The predicted molar refractivity (Wildman–Crippen MR) is 108 cm³/mol. The smallest absolute Gasteiger partial charge is 0.225 e. The van der Waals surface area contributed by atoms with Crippen LogP contribution in [0.3, 0.4) is 0 Å². The standard InChI is InChI=1S/C22H28N4O3/c1-25-19(11-13-24-25)21-18(8-9-20(27)26(21)16-6-7-16)22(28)23-12-10-15-4-3-5-17(14-15)29-2/h3-5,11,13-14,16,18,21H,6-10,12H2,1-2H3,(H,23,28). The van der Waals surface area contributed by atoms with E-state index in [0.29, 0.717) is 19.4 Å². The molecular weight excluding hydrogens is 368 g/mol. The van der Waals surface area contributed by atoms with Gasteiger partial charge in [0.15, 0.2) is 0 Å². The number of hydrogen-bond acceptors (Lipinski definition) is 4. The summed E-state index contributed by atoms with van der Waals surface area (Å²) in [4.78, 5) is 27.7. The van der Waals surface area contributed by atoms with E-state index in [0.717, 1.165) is 36.3 Å². The molecule has 2 heterocycles. The maximum Gasteiger partial charge on any atom is 0.225 e. The molecule has 2 unspecified atom stereocenters. The molecule has 1 saturated heterocycles. The van der Waals surface area contributed by atoms with Crippen LogP contribution in [0.1, 0.15) is 43.0 Å². The van der Waals surface area contributed by atoms with Gasteiger partial charge in [-0.15, -0.1) is 0 Å². The summed E-state index contributed by atoms with van der Waals surface area (Å²) in [5.74, 6) is 0.723. The van der Waals surface area contributed by atoms with Crippen LogP contribution in [-0.4, -0.2) is 46.2 Å². The Kier molecular flexibility index (Phi) is 5.56. The van der Waals surface area contributed by atoms with E-state index in [2.05, 4.69) is 10.4 Å². The second kappa shape index (κ2) is 8.27. The Hall–Kier alpha value is -2.83. The van der Waals surface area contributed by atoms with Crippen molar-refractivity contribution in [3.8, 4) is 5.75 Å². The van der Waals surface area contributed by atoms with Gasteiger partial charge in [-0.25, -0.2) is 0 Å². The molecule has 1 aliphatic heterocycles. The van der Waals surface area contributed by atoms with Gasteiger partial charge in [-0.3, -0.25) is 14.3 Å². The van der Waals surface area contributed by atoms with Crippen molar-refractivity contribution in [1.82, 2.24) is 20.0 Å². The molecule has 154 valence electrons. The average molecular weight is 396 g/mol. The molecule has 0 bridgehead atoms. The van der Waals surface area contributed by atoms with Crippen molar-refractivity contribution in [1.29, 1.82) is 0 Å². The largest absolute Gasteiger partial charge is 0.497 e. The average Bonchev–Trinajstić information content (AvgIpc) is 3.47. The van der Waals surface area contributed by atoms with Gasteiger partial charge in [0.1, 0.15) is 5.75 Å². The predicted octanol–water partition coefficient (Wildman–Crippen LogP) is 2.23. The SMILES string of the molecule is COc1cccc(CCNC(=O)C2CCC(=O)N(C3CC3)C2c2ccnn2C)c1. The second-order valence-corrected chi connectivity index (χ2v) is 7.89. The fourth-order valence-corrected chi connectivity index (χ4v) is 4.28. The summed E-state index contributed by atoms with van der Waals surface area (Å²) < 4.78 is 7.05. The van der Waals surface area contributed by atoms with E-state index in [1.165, 1.54) is 0 Å². The number of benzene rings is 1. The quantitative estimate of drug-likeness (QED) is 0.779. The van der Waals surface area contributed by atoms with Crippen molar-refractivity contribution in [2.45, 2.75) is 44.2 Å². The highest BCUT2D eigenvalue weighted by atomic mass is 16.5. The molecule has 1 saturated carbocycles. The summed E-state index contributed by atoms with van der Waals surface area (Å²) in [7, 11) is 3.52. The minimum absolute atomic E-state index is 0.0113. The summed E-state index contributed by atoms with van der Waals surface area (Å²) in [6.45, 7) is 0.554. The van der Waals surface area contributed by atoms with Crippen LogP contribution >= 0.6 is 0 Å². The number of aromatic nitrogens is 2. The molecule has 2 fully saturated rings. The van der Waals surface area contributed by atoms with E-state index in [1.54, 1.807) is 18.0 Å². The first kappa shape index (κ1) is 19.5. The van der Waals surface area contributed by atoms with E-state index in [1.807, 2.05) is 42.3 Å². The van der Waals surface area contributed by atoms with Crippen LogP contribution in [-0.2, 0) is 23.1 Å². The summed E-state index contributed by atoms with van der Waals surface area (Å²) in [6.07, 6.45) is 5.50. The maximum absolute atomic E-state index is 13.1. The number of amides is 2. The number of nitrogens with one attached hydrogen (secondary N) is 1. The lowest BCUT2D eigenvalue weighted by Gasteiger charge is -2.40. The first-order chi connectivity index (χ1) is 14.1. The van der Waals surface area contributed by atoms with Gasteiger partial charge in [-0.05, 0) is 49.4 Å². The monoisotopic (exact) mass is 396 g/mol. The van der Waals surface area contributed by atoms with Gasteiger partial charge in [0.05, 0.1) is 24.8 Å². The van der Waals surface area contributed by atoms with E-state index in [-0.39, 0.29) is 29.8 Å². The second-order valence-electron chi connectivity index (χ2n) is 7.89. The van der Waals surface area contributed by atoms with Crippen molar-refractivity contribution in [2.75, 3.05) is 13.7 Å². The first-order valence-electron chi connectivity index (χ1n) is 10.3. The Morgan fingerprint density at radius 3 is 2.79 bits per heavy atom. The van der Waals surface area contributed by atoms with Crippen LogP contribution in [0, 0.1) is 5.92 Å². The van der Waals surface area contributed by atoms with Crippen LogP contribution in [0.25, 0.3) is 0 Å². The van der Waals surface area contributed by atoms with E-state index in [4.69, 9.17) is 4.74 Å². The third kappa shape index (κ3) is 4.13. The van der Waals surface area contributed by atoms with Gasteiger partial charge >= 0.3 is 0 Å². The fourth-order valence-electron chi connectivity index (χ4n) is 4.28. The molecule has 2 aromatic rings. The van der Waals surface area contributed by atoms with Crippen LogP contribution in [0.4, 0.5) is 0 Å². The van der Waals surface area contributed by atoms with Crippen LogP contribution < -0.4 is 10.1 Å². The number of ether oxygens (including phenoxy) is 1. The highest BCUT2D eigenvalue weighted by Gasteiger charge is 2.47. The molecule has 1 N–H and O–H groups in total. The molecule has 4 rings (SSSR count). The first-order valence-corrected chi connectivity index (χ1v) is 10.3. The molecular formula is C22H28N4O3. The molecule has 0 radical (unpaired) electrons. The molecule has 2 aliphatic rings. The zero-order valence-corrected chi connectivity index (χ0v) is 17.0. The highest BCUT2D eigenvalue weighted by Crippen LogP contribution is 2.43. The lowest BCUT2D eigenvalue weighted by molar-refractivity contribution is -0.144. The fraction of sp³-hybridized carbons (Fsp3) is 0.500. The number of nitrogens with zero attached hydrogens (tertiary/aromatic N) is 3. The number of aryl methyl sites for hydroxylation is 1. The number of rotatable bonds is 7. The van der Waals surface area contributed by atoms with Gasteiger partial charge in [-0.2, -0.15) is 5.10 Å². The van der Waals surface area contributed by atoms with E-state index < -0.39 is 0 Å². The van der Waals surface area contributed by atoms with Gasteiger partial charge in [-0.1, -0.05) is 12.1 Å². The molecule has 29 heavy (non-hydrogen) atoms. The van der Waals surface area contributed by atoms with Gasteiger partial charge in [0.25, 0.3) is 0 Å². The van der Waals surface area contributed by atoms with Crippen molar-refractivity contribution >= 4 is 11.8 Å². The molecule has 1 aromatic heterocycles. The van der Waals surface area contributed by atoms with Crippen LogP contribution in [0.15, 0.2) is 36.5 Å². The zero-order chi connectivity index (χ0) is 20.4. The van der Waals surface area contributed by atoms with Gasteiger partial charge in [0, 0.05) is 32.3 Å². The maximum atomic E-state index is 13.1. The number of hydrogen-bond donors (Lipinski definition) is 1. The lowest BCUT2D eigenvalue weighted by Crippen LogP contribution is -2.49. The van der Waals surface area contributed by atoms with E-state index in [9.17, 15) is 9.59 Å². The third-order valence-electron chi connectivity index (χ3n) is 5.92. The summed E-state index contributed by atoms with van der Waals surface area (Å²) in [6, 6.07) is 9.82. The van der Waals surface area contributed by atoms with Crippen molar-refractivity contribution < 1.29 is 14.3 Å². The number of methoxy groups -OCH3 is 1. The Morgan fingerprint density at radius 2 is 2.10 bits per heavy atom. The molecule has 7 heteroatoms. The molecule has 1 aromatic carbocycles. The van der Waals surface area contributed by atoms with E-state index >= 15 is 0 Å². The minimum Gasteiger partial charge on any atom is -0.497 e. The van der Waals surface area contributed by atoms with Gasteiger partial charge < -0.3 is 15.0 Å². The number of carbonyl (C=O) groups is 2. The van der Waals surface area contributed by atoms with Gasteiger partial charge in [0.2, 0.25) is 11.8 Å². The summed E-state index contributed by atoms with van der Waals surface area (Å²) in [5.41, 5.74) is 2.05. The Bertz CT molecular complexity index is 890. The third-order valence-corrected chi connectivity index (χ3v) is 5.92. The molecule has 2 atom stereocenters. The number of likely N-dealkylation sites (tertiary alicyclic amines) is 1. The van der Waals surface area contributed by atoms with Crippen LogP contribution in [0.5, 0.6) is 5.75 Å². The minimum atomic E-state index is -0.256. The zero-order valence-electron chi connectivity index (χ0n) is 17.0. The Labute approximate surface area is 171 Å². The summed E-state index contributed by atoms with van der Waals surface area (Å²) in [5, 5.41) is 7.38. The summed E-state index contributed by atoms with van der Waals surface area (Å²) >= 11 is 0. The number of piperidine rings is 1. The molecule has 7 nitrogen and oxygen atoms in total. The molecule has 2 amide bonds. The Balaban J connectivity index is 1.46. The van der Waals surface area contributed by atoms with Crippen LogP contribution in [0.2, 0.25) is 0 Å². The Morgan fingerprint density at radius 1 is 1.28 bits per heavy atom. The van der Waals surface area contributed by atoms with Crippen molar-refractivity contribution in [3.63, 3.8) is 0 Å².